The Morgan fingerprint density at radius 2 is 1.82 bits per heavy atom. The van der Waals surface area contributed by atoms with Gasteiger partial charge in [-0.3, -0.25) is 19.0 Å². The summed E-state index contributed by atoms with van der Waals surface area (Å²) in [5.74, 6) is -0.274. The molecule has 11 heteroatoms. The lowest BCUT2D eigenvalue weighted by Gasteiger charge is -2.14. The van der Waals surface area contributed by atoms with Crippen LogP contribution in [0.1, 0.15) is 31.4 Å². The average molecular weight is 465 g/mol. The van der Waals surface area contributed by atoms with Gasteiger partial charge in [0.1, 0.15) is 29.9 Å². The number of hydrogen-bond donors (Lipinski definition) is 2. The molecular formula is C23H23N5O6. The highest BCUT2D eigenvalue weighted by molar-refractivity contribution is 6.03. The number of nitrogens with one attached hydrogen (secondary N) is 2. The summed E-state index contributed by atoms with van der Waals surface area (Å²) in [7, 11) is 0. The highest BCUT2D eigenvalue weighted by Gasteiger charge is 2.24. The quantitative estimate of drug-likeness (QED) is 0.443. The molecule has 2 amide bonds. The van der Waals surface area contributed by atoms with Gasteiger partial charge in [-0.25, -0.2) is 9.36 Å². The normalized spacial score (nSPS) is 14.1. The Labute approximate surface area is 192 Å². The Morgan fingerprint density at radius 3 is 2.56 bits per heavy atom. The van der Waals surface area contributed by atoms with Gasteiger partial charge in [0.05, 0.1) is 0 Å². The first-order chi connectivity index (χ1) is 16.4. The van der Waals surface area contributed by atoms with Gasteiger partial charge in [0.15, 0.2) is 5.82 Å². The Kier molecular flexibility index (Phi) is 5.52. The second kappa shape index (κ2) is 8.65. The maximum Gasteiger partial charge on any atom is 0.332 e. The van der Waals surface area contributed by atoms with Gasteiger partial charge in [-0.2, -0.15) is 0 Å². The average Bonchev–Trinajstić information content (AvgIpc) is 3.54. The van der Waals surface area contributed by atoms with Gasteiger partial charge in [-0.15, -0.1) is 0 Å². The number of furan rings is 1. The minimum absolute atomic E-state index is 0.0389. The molecule has 0 atom stereocenters. The van der Waals surface area contributed by atoms with Crippen LogP contribution >= 0.6 is 0 Å². The number of hydrogen-bond acceptors (Lipinski definition) is 7. The Hall–Kier alpha value is -4.15. The number of fused-ring (bicyclic) bond motifs is 3. The van der Waals surface area contributed by atoms with Gasteiger partial charge in [-0.1, -0.05) is 30.1 Å². The SMILES string of the molecule is Cc1cc(NC(=O)Cn2c(=O)n(CC(=O)NC3CCCC3)c(=O)c3oc4ccccc4c32)no1. The van der Waals surface area contributed by atoms with Crippen molar-refractivity contribution in [1.29, 1.82) is 0 Å². The van der Waals surface area contributed by atoms with Crippen molar-refractivity contribution in [3.63, 3.8) is 0 Å². The zero-order valence-corrected chi connectivity index (χ0v) is 18.5. The topological polar surface area (TPSA) is 141 Å². The number of carbonyl (C=O) groups excluding carboxylic acids is 2. The smallest absolute Gasteiger partial charge is 0.332 e. The predicted octanol–water partition coefficient (Wildman–Crippen LogP) is 1.90. The molecule has 3 heterocycles. The summed E-state index contributed by atoms with van der Waals surface area (Å²) in [4.78, 5) is 51.9. The van der Waals surface area contributed by atoms with E-state index in [1.165, 1.54) is 6.07 Å². The van der Waals surface area contributed by atoms with Crippen LogP contribution in [0.3, 0.4) is 0 Å². The van der Waals surface area contributed by atoms with E-state index >= 15 is 0 Å². The molecule has 0 aliphatic heterocycles. The van der Waals surface area contributed by atoms with Crippen LogP contribution in [0.15, 0.2) is 48.9 Å². The van der Waals surface area contributed by atoms with E-state index in [0.29, 0.717) is 16.7 Å². The van der Waals surface area contributed by atoms with Gasteiger partial charge in [-0.05, 0) is 31.9 Å². The monoisotopic (exact) mass is 465 g/mol. The molecule has 0 saturated heterocycles. The highest BCUT2D eigenvalue weighted by Crippen LogP contribution is 2.25. The predicted molar refractivity (Wildman–Crippen MR) is 123 cm³/mol. The number of benzene rings is 1. The third-order valence-corrected chi connectivity index (χ3v) is 5.96. The van der Waals surface area contributed by atoms with E-state index in [0.717, 1.165) is 34.8 Å². The Morgan fingerprint density at radius 1 is 1.09 bits per heavy atom. The fourth-order valence-electron chi connectivity index (χ4n) is 4.42. The summed E-state index contributed by atoms with van der Waals surface area (Å²) in [6, 6.07) is 8.42. The summed E-state index contributed by atoms with van der Waals surface area (Å²) in [6.07, 6.45) is 3.80. The van der Waals surface area contributed by atoms with E-state index in [4.69, 9.17) is 8.94 Å². The fraction of sp³-hybridized carbons (Fsp3) is 0.348. The summed E-state index contributed by atoms with van der Waals surface area (Å²) in [5.41, 5.74) is -1.01. The Bertz CT molecular complexity index is 1520. The van der Waals surface area contributed by atoms with Gasteiger partial charge >= 0.3 is 5.69 Å². The molecule has 1 aliphatic rings. The molecule has 34 heavy (non-hydrogen) atoms. The summed E-state index contributed by atoms with van der Waals surface area (Å²) in [5, 5.41) is 9.68. The second-order valence-corrected chi connectivity index (χ2v) is 8.46. The molecule has 0 bridgehead atoms. The van der Waals surface area contributed by atoms with Crippen molar-refractivity contribution >= 4 is 39.7 Å². The van der Waals surface area contributed by atoms with Crippen molar-refractivity contribution in [3.8, 4) is 0 Å². The largest absolute Gasteiger partial charge is 0.449 e. The minimum atomic E-state index is -0.780. The molecule has 3 aromatic heterocycles. The summed E-state index contributed by atoms with van der Waals surface area (Å²) in [6.45, 7) is 0.793. The van der Waals surface area contributed by atoms with Gasteiger partial charge < -0.3 is 19.6 Å². The first kappa shape index (κ1) is 21.7. The van der Waals surface area contributed by atoms with Crippen LogP contribution < -0.4 is 21.9 Å². The molecule has 176 valence electrons. The zero-order chi connectivity index (χ0) is 23.8. The van der Waals surface area contributed by atoms with Crippen LogP contribution in [-0.4, -0.2) is 32.1 Å². The zero-order valence-electron chi connectivity index (χ0n) is 18.5. The van der Waals surface area contributed by atoms with E-state index in [-0.39, 0.29) is 23.0 Å². The van der Waals surface area contributed by atoms with Gasteiger partial charge in [0.2, 0.25) is 17.4 Å². The highest BCUT2D eigenvalue weighted by atomic mass is 16.5. The molecule has 11 nitrogen and oxygen atoms in total. The molecule has 2 N–H and O–H groups in total. The summed E-state index contributed by atoms with van der Waals surface area (Å²) < 4.78 is 12.7. The maximum absolute atomic E-state index is 13.4. The van der Waals surface area contributed by atoms with Crippen LogP contribution in [0.25, 0.3) is 22.1 Å². The third-order valence-electron chi connectivity index (χ3n) is 5.96. The van der Waals surface area contributed by atoms with Crippen molar-refractivity contribution in [2.75, 3.05) is 5.32 Å². The number of anilines is 1. The first-order valence-electron chi connectivity index (χ1n) is 11.1. The van der Waals surface area contributed by atoms with Crippen LogP contribution in [-0.2, 0) is 22.7 Å². The second-order valence-electron chi connectivity index (χ2n) is 8.46. The molecule has 4 aromatic rings. The molecule has 1 saturated carbocycles. The van der Waals surface area contributed by atoms with Crippen molar-refractivity contribution in [2.24, 2.45) is 0 Å². The molecular weight excluding hydrogens is 442 g/mol. The van der Waals surface area contributed by atoms with E-state index in [9.17, 15) is 19.2 Å². The minimum Gasteiger partial charge on any atom is -0.449 e. The fourth-order valence-corrected chi connectivity index (χ4v) is 4.42. The van der Waals surface area contributed by atoms with E-state index in [2.05, 4.69) is 15.8 Å². The number of nitrogens with zero attached hydrogens (tertiary/aromatic N) is 3. The molecule has 1 fully saturated rings. The number of amides is 2. The van der Waals surface area contributed by atoms with Crippen molar-refractivity contribution in [2.45, 2.75) is 51.7 Å². The lowest BCUT2D eigenvalue weighted by atomic mass is 10.2. The van der Waals surface area contributed by atoms with Gasteiger partial charge in [0.25, 0.3) is 5.56 Å². The van der Waals surface area contributed by atoms with Crippen LogP contribution in [0.2, 0.25) is 0 Å². The summed E-state index contributed by atoms with van der Waals surface area (Å²) >= 11 is 0. The van der Waals surface area contributed by atoms with Crippen molar-refractivity contribution in [3.05, 3.63) is 56.9 Å². The molecule has 0 spiro atoms. The molecule has 5 rings (SSSR count). The van der Waals surface area contributed by atoms with Crippen molar-refractivity contribution in [1.82, 2.24) is 19.6 Å². The standard InChI is InChI=1S/C23H23N5O6/c1-13-10-17(26-34-13)25-19(30)11-27-20-15-8-4-5-9-16(15)33-21(20)22(31)28(23(27)32)12-18(29)24-14-6-2-3-7-14/h4-5,8-10,14H,2-3,6-7,11-12H2,1H3,(H,24,29)(H,25,26,30). The molecule has 0 radical (unpaired) electrons. The lowest BCUT2D eigenvalue weighted by molar-refractivity contribution is -0.122. The van der Waals surface area contributed by atoms with E-state index < -0.39 is 36.2 Å². The van der Waals surface area contributed by atoms with Crippen molar-refractivity contribution < 1.29 is 18.5 Å². The lowest BCUT2D eigenvalue weighted by Crippen LogP contribution is -2.46. The van der Waals surface area contributed by atoms with Gasteiger partial charge in [0, 0.05) is 17.5 Å². The van der Waals surface area contributed by atoms with Crippen LogP contribution in [0.5, 0.6) is 0 Å². The number of rotatable bonds is 6. The van der Waals surface area contributed by atoms with Crippen LogP contribution in [0, 0.1) is 6.92 Å². The van der Waals surface area contributed by atoms with E-state index in [1.54, 1.807) is 31.2 Å². The molecule has 1 aliphatic carbocycles. The first-order valence-corrected chi connectivity index (χ1v) is 11.1. The van der Waals surface area contributed by atoms with E-state index in [1.807, 2.05) is 0 Å². The number of aryl methyl sites for hydroxylation is 1. The molecule has 0 unspecified atom stereocenters. The van der Waals surface area contributed by atoms with Crippen LogP contribution in [0.4, 0.5) is 5.82 Å². The molecule has 1 aromatic carbocycles. The number of aromatic nitrogens is 3. The number of para-hydroxylation sites is 1. The number of carbonyl (C=O) groups is 2. The maximum atomic E-state index is 13.4. The Balaban J connectivity index is 1.56. The third kappa shape index (κ3) is 4.00.